The predicted octanol–water partition coefficient (Wildman–Crippen LogP) is -3.18. The summed E-state index contributed by atoms with van der Waals surface area (Å²) in [6.07, 6.45) is -8.48. The van der Waals surface area contributed by atoms with Gasteiger partial charge in [0.2, 0.25) is 0 Å². The Balaban J connectivity index is 2.79. The molecule has 0 amide bonds. The summed E-state index contributed by atoms with van der Waals surface area (Å²) in [5.74, 6) is 0. The maximum Gasteiger partial charge on any atom is 0.114 e. The highest BCUT2D eigenvalue weighted by Crippen LogP contribution is 2.23. The van der Waals surface area contributed by atoms with E-state index in [-0.39, 0.29) is 0 Å². The van der Waals surface area contributed by atoms with Gasteiger partial charge in [-0.25, -0.2) is 0 Å². The highest BCUT2D eigenvalue weighted by Gasteiger charge is 2.48. The molecule has 0 aromatic rings. The second kappa shape index (κ2) is 3.87. The largest absolute Gasteiger partial charge is 0.387 e. The molecule has 0 aromatic heterocycles. The van der Waals surface area contributed by atoms with Crippen LogP contribution in [0.1, 0.15) is 0 Å². The fraction of sp³-hybridized carbons (Fsp3) is 1.00. The van der Waals surface area contributed by atoms with Gasteiger partial charge in [-0.15, -0.1) is 0 Å². The molecule has 0 spiro atoms. The molecule has 5 unspecified atom stereocenters. The summed E-state index contributed by atoms with van der Waals surface area (Å²) in [5.41, 5.74) is 0. The van der Waals surface area contributed by atoms with Gasteiger partial charge in [-0.1, -0.05) is 0 Å². The molecule has 1 aliphatic carbocycles. The maximum absolute atomic E-state index is 9.29. The summed E-state index contributed by atoms with van der Waals surface area (Å²) in [7, 11) is 1.23. The lowest BCUT2D eigenvalue weighted by Crippen LogP contribution is -2.64. The zero-order valence-electron chi connectivity index (χ0n) is 7.11. The molecule has 0 saturated heterocycles. The van der Waals surface area contributed by atoms with E-state index in [0.717, 1.165) is 0 Å². The lowest BCUT2D eigenvalue weighted by Gasteiger charge is -2.40. The summed E-state index contributed by atoms with van der Waals surface area (Å²) in [5, 5.41) is 46.1. The van der Waals surface area contributed by atoms with E-state index < -0.39 is 36.6 Å². The van der Waals surface area contributed by atoms with E-state index in [1.54, 1.807) is 0 Å². The highest BCUT2D eigenvalue weighted by atomic mass is 16.5. The lowest BCUT2D eigenvalue weighted by molar-refractivity contribution is -0.229. The van der Waals surface area contributed by atoms with E-state index in [2.05, 4.69) is 4.74 Å². The van der Waals surface area contributed by atoms with E-state index in [9.17, 15) is 20.4 Å². The van der Waals surface area contributed by atoms with Crippen molar-refractivity contribution < 1.29 is 30.3 Å². The number of ether oxygens (including phenoxy) is 1. The first-order valence-electron chi connectivity index (χ1n) is 3.93. The molecule has 1 aliphatic rings. The van der Waals surface area contributed by atoms with Crippen molar-refractivity contribution >= 4 is 0 Å². The second-order valence-electron chi connectivity index (χ2n) is 3.15. The minimum atomic E-state index is -1.56. The van der Waals surface area contributed by atoms with Crippen molar-refractivity contribution in [3.8, 4) is 0 Å². The number of rotatable bonds is 1. The van der Waals surface area contributed by atoms with Crippen molar-refractivity contribution in [2.24, 2.45) is 0 Å². The normalized spacial score (nSPS) is 52.2. The van der Waals surface area contributed by atoms with Crippen LogP contribution < -0.4 is 0 Å². The zero-order valence-corrected chi connectivity index (χ0v) is 7.11. The summed E-state index contributed by atoms with van der Waals surface area (Å²) in [4.78, 5) is 0. The lowest BCUT2D eigenvalue weighted by atomic mass is 9.85. The van der Waals surface area contributed by atoms with E-state index in [4.69, 9.17) is 5.11 Å². The molecule has 1 fully saturated rings. The van der Waals surface area contributed by atoms with Crippen LogP contribution in [0.15, 0.2) is 0 Å². The number of hydrogen-bond donors (Lipinski definition) is 5. The minimum absolute atomic E-state index is 1.09. The Bertz CT molecular complexity index is 158. The third-order valence-corrected chi connectivity index (χ3v) is 2.35. The minimum Gasteiger partial charge on any atom is -0.387 e. The van der Waals surface area contributed by atoms with Crippen LogP contribution in [0.25, 0.3) is 0 Å². The van der Waals surface area contributed by atoms with Crippen molar-refractivity contribution in [2.45, 2.75) is 36.6 Å². The van der Waals surface area contributed by atoms with Crippen LogP contribution in [0, 0.1) is 0 Å². The smallest absolute Gasteiger partial charge is 0.114 e. The van der Waals surface area contributed by atoms with Crippen molar-refractivity contribution in [3.05, 3.63) is 0 Å². The predicted molar refractivity (Wildman–Crippen MR) is 40.8 cm³/mol. The van der Waals surface area contributed by atoms with Crippen molar-refractivity contribution in [1.29, 1.82) is 0 Å². The molecule has 6 nitrogen and oxygen atoms in total. The molecule has 13 heavy (non-hydrogen) atoms. The molecule has 6 atom stereocenters. The Morgan fingerprint density at radius 2 is 1.00 bits per heavy atom. The first-order valence-corrected chi connectivity index (χ1v) is 3.93. The molecular formula is C7H14O6. The van der Waals surface area contributed by atoms with Crippen LogP contribution >= 0.6 is 0 Å². The zero-order chi connectivity index (χ0) is 10.2. The molecule has 5 N–H and O–H groups in total. The number of aliphatic hydroxyl groups excluding tert-OH is 5. The Kier molecular flexibility index (Phi) is 3.23. The van der Waals surface area contributed by atoms with Gasteiger partial charge in [0.15, 0.2) is 0 Å². The highest BCUT2D eigenvalue weighted by molar-refractivity contribution is 4.99. The van der Waals surface area contributed by atoms with Gasteiger partial charge < -0.3 is 30.3 Å². The fourth-order valence-corrected chi connectivity index (χ4v) is 1.48. The average molecular weight is 194 g/mol. The monoisotopic (exact) mass is 194 g/mol. The summed E-state index contributed by atoms with van der Waals surface area (Å²) in [6.45, 7) is 0. The Morgan fingerprint density at radius 1 is 0.692 bits per heavy atom. The summed E-state index contributed by atoms with van der Waals surface area (Å²) < 4.78 is 4.67. The molecule has 1 saturated carbocycles. The van der Waals surface area contributed by atoms with Crippen molar-refractivity contribution in [3.63, 3.8) is 0 Å². The van der Waals surface area contributed by atoms with Gasteiger partial charge >= 0.3 is 0 Å². The first-order chi connectivity index (χ1) is 6.00. The van der Waals surface area contributed by atoms with Crippen LogP contribution in [-0.4, -0.2) is 69.3 Å². The van der Waals surface area contributed by atoms with Gasteiger partial charge in [-0.05, 0) is 0 Å². The van der Waals surface area contributed by atoms with Crippen molar-refractivity contribution in [2.75, 3.05) is 7.11 Å². The third-order valence-electron chi connectivity index (χ3n) is 2.35. The summed E-state index contributed by atoms with van der Waals surface area (Å²) in [6, 6.07) is 0. The molecule has 78 valence electrons. The van der Waals surface area contributed by atoms with E-state index in [1.807, 2.05) is 0 Å². The Morgan fingerprint density at radius 3 is 1.31 bits per heavy atom. The third kappa shape index (κ3) is 1.69. The van der Waals surface area contributed by atoms with Gasteiger partial charge in [0.25, 0.3) is 0 Å². The number of hydrogen-bond acceptors (Lipinski definition) is 6. The number of aliphatic hydroxyl groups is 5. The van der Waals surface area contributed by atoms with E-state index >= 15 is 0 Å². The average Bonchev–Trinajstić information content (AvgIpc) is 2.13. The molecule has 0 bridgehead atoms. The SMILES string of the molecule is COC1C(O)C(O)C(O)[C@H](O)C1O. The molecule has 0 aromatic carbocycles. The molecule has 0 radical (unpaired) electrons. The molecule has 6 heteroatoms. The Labute approximate surface area is 75.0 Å². The van der Waals surface area contributed by atoms with Gasteiger partial charge in [0, 0.05) is 7.11 Å². The molecule has 0 aliphatic heterocycles. The van der Waals surface area contributed by atoms with Crippen LogP contribution in [0.4, 0.5) is 0 Å². The van der Waals surface area contributed by atoms with Crippen LogP contribution in [0.2, 0.25) is 0 Å². The quantitative estimate of drug-likeness (QED) is 0.301. The van der Waals surface area contributed by atoms with Gasteiger partial charge in [-0.3, -0.25) is 0 Å². The van der Waals surface area contributed by atoms with E-state index in [0.29, 0.717) is 0 Å². The van der Waals surface area contributed by atoms with Gasteiger partial charge in [0.05, 0.1) is 0 Å². The standard InChI is InChI=1S/C7H14O6/c1-13-7-5(11)3(9)2(8)4(10)6(7)12/h2-12H,1H3/t2?,3-,4?,5?,6?,7?/m0/s1. The first kappa shape index (κ1) is 10.8. The fourth-order valence-electron chi connectivity index (χ4n) is 1.48. The molecule has 1 rings (SSSR count). The van der Waals surface area contributed by atoms with Crippen molar-refractivity contribution in [1.82, 2.24) is 0 Å². The topological polar surface area (TPSA) is 110 Å². The van der Waals surface area contributed by atoms with Crippen LogP contribution in [0.3, 0.4) is 0 Å². The van der Waals surface area contributed by atoms with Crippen LogP contribution in [-0.2, 0) is 4.74 Å². The second-order valence-corrected chi connectivity index (χ2v) is 3.15. The maximum atomic E-state index is 9.29. The van der Waals surface area contributed by atoms with Gasteiger partial charge in [-0.2, -0.15) is 0 Å². The molecule has 0 heterocycles. The number of methoxy groups -OCH3 is 1. The molecular weight excluding hydrogens is 180 g/mol. The summed E-state index contributed by atoms with van der Waals surface area (Å²) >= 11 is 0. The van der Waals surface area contributed by atoms with E-state index in [1.165, 1.54) is 7.11 Å². The van der Waals surface area contributed by atoms with Crippen LogP contribution in [0.5, 0.6) is 0 Å². The Hall–Kier alpha value is -0.240. The van der Waals surface area contributed by atoms with Gasteiger partial charge in [0.1, 0.15) is 36.6 Å².